The van der Waals surface area contributed by atoms with Crippen LogP contribution in [0.4, 0.5) is 0 Å². The van der Waals surface area contributed by atoms with Crippen molar-refractivity contribution in [3.8, 4) is 0 Å². The van der Waals surface area contributed by atoms with Gasteiger partial charge in [-0.05, 0) is 0 Å². The Morgan fingerprint density at radius 2 is 1.68 bits per heavy atom. The van der Waals surface area contributed by atoms with Crippen molar-refractivity contribution in [2.75, 3.05) is 0 Å². The van der Waals surface area contributed by atoms with Gasteiger partial charge in [-0.3, -0.25) is 0 Å². The van der Waals surface area contributed by atoms with Crippen LogP contribution in [-0.4, -0.2) is 0 Å². The van der Waals surface area contributed by atoms with Crippen LogP contribution in [0, 0.1) is 0 Å². The molecule has 2 aromatic carbocycles. The van der Waals surface area contributed by atoms with Crippen LogP contribution < -0.4 is 0 Å². The second kappa shape index (κ2) is 12.3. The zero-order valence-corrected chi connectivity index (χ0v) is 13.3. The molecule has 0 N–H and O–H groups in total. The van der Waals surface area contributed by atoms with Gasteiger partial charge in [0.15, 0.2) is 0 Å². The van der Waals surface area contributed by atoms with Crippen molar-refractivity contribution in [3.63, 3.8) is 0 Å². The van der Waals surface area contributed by atoms with Crippen molar-refractivity contribution >= 4 is 0 Å². The van der Waals surface area contributed by atoms with E-state index in [9.17, 15) is 0 Å². The van der Waals surface area contributed by atoms with E-state index < -0.39 is 0 Å². The van der Waals surface area contributed by atoms with Gasteiger partial charge in [0.05, 0.1) is 0 Å². The van der Waals surface area contributed by atoms with Gasteiger partial charge >= 0.3 is 17.1 Å². The largest absolute Gasteiger partial charge is 2.00 e. The molecular weight excluding hydrogens is 272 g/mol. The summed E-state index contributed by atoms with van der Waals surface area (Å²) in [6.07, 6.45) is 7.84. The van der Waals surface area contributed by atoms with Crippen LogP contribution >= 0.6 is 0 Å². The normalized spacial score (nSPS) is 9.37. The van der Waals surface area contributed by atoms with Crippen molar-refractivity contribution in [3.05, 3.63) is 59.7 Å². The minimum absolute atomic E-state index is 0. The molecule has 0 atom stereocenters. The van der Waals surface area contributed by atoms with E-state index in [2.05, 4.69) is 32.0 Å². The monoisotopic (exact) mass is 298 g/mol. The molecule has 2 aromatic rings. The van der Waals surface area contributed by atoms with Crippen LogP contribution in [-0.2, 0) is 29.9 Å². The minimum Gasteiger partial charge on any atom is -0.214 e. The standard InChI is InChI=1S/C13H21.C5H5.Fe/c1-3-5-8-12-10-7-11-13(12)9-6-4-2;1-2-4-5-3-1;/h7,10-11H,3-6,8-9H2,1-2H3;1-5H;/q2*-1;+2. The second-order valence-electron chi connectivity index (χ2n) is 4.75. The van der Waals surface area contributed by atoms with Gasteiger partial charge < -0.3 is 0 Å². The first-order valence-electron chi connectivity index (χ1n) is 7.28. The maximum absolute atomic E-state index is 2.29. The van der Waals surface area contributed by atoms with Crippen LogP contribution in [0.15, 0.2) is 48.5 Å². The molecule has 1 heteroatoms. The molecular formula is C18H26Fe. The summed E-state index contributed by atoms with van der Waals surface area (Å²) in [5, 5.41) is 0. The predicted octanol–water partition coefficient (Wildman–Crippen LogP) is 5.49. The first-order chi connectivity index (χ1) is 8.88. The topological polar surface area (TPSA) is 0 Å². The van der Waals surface area contributed by atoms with Crippen molar-refractivity contribution in [2.24, 2.45) is 0 Å². The molecule has 0 heterocycles. The summed E-state index contributed by atoms with van der Waals surface area (Å²) < 4.78 is 0. The molecule has 0 unspecified atom stereocenters. The molecule has 0 bridgehead atoms. The Balaban J connectivity index is 0.000000454. The molecule has 0 aromatic heterocycles. The second-order valence-corrected chi connectivity index (χ2v) is 4.75. The average Bonchev–Trinajstić information content (AvgIpc) is 3.07. The van der Waals surface area contributed by atoms with Crippen LogP contribution in [0.25, 0.3) is 0 Å². The molecule has 0 aliphatic rings. The number of unbranched alkanes of at least 4 members (excludes halogenated alkanes) is 2. The van der Waals surface area contributed by atoms with Crippen molar-refractivity contribution < 1.29 is 17.1 Å². The molecule has 19 heavy (non-hydrogen) atoms. The third-order valence-electron chi connectivity index (χ3n) is 3.16. The summed E-state index contributed by atoms with van der Waals surface area (Å²) in [6, 6.07) is 16.8. The van der Waals surface area contributed by atoms with Crippen LogP contribution in [0.1, 0.15) is 50.7 Å². The average molecular weight is 298 g/mol. The van der Waals surface area contributed by atoms with Crippen LogP contribution in [0.3, 0.4) is 0 Å². The fourth-order valence-corrected chi connectivity index (χ4v) is 2.04. The quantitative estimate of drug-likeness (QED) is 0.488. The summed E-state index contributed by atoms with van der Waals surface area (Å²) in [4.78, 5) is 0. The number of rotatable bonds is 6. The van der Waals surface area contributed by atoms with Gasteiger partial charge in [-0.2, -0.15) is 35.4 Å². The Morgan fingerprint density at radius 3 is 2.21 bits per heavy atom. The van der Waals surface area contributed by atoms with Crippen molar-refractivity contribution in [2.45, 2.75) is 52.4 Å². The third kappa shape index (κ3) is 8.08. The van der Waals surface area contributed by atoms with E-state index in [0.717, 1.165) is 0 Å². The molecule has 106 valence electrons. The van der Waals surface area contributed by atoms with Gasteiger partial charge in [0.2, 0.25) is 0 Å². The zero-order valence-electron chi connectivity index (χ0n) is 12.2. The summed E-state index contributed by atoms with van der Waals surface area (Å²) in [5.74, 6) is 0. The SMILES string of the molecule is CCCCc1ccc[c-]1CCCC.[Fe+2].c1cc[cH-]c1. The van der Waals surface area contributed by atoms with Gasteiger partial charge in [-0.25, -0.2) is 24.3 Å². The number of hydrogen-bond donors (Lipinski definition) is 0. The van der Waals surface area contributed by atoms with E-state index in [0.29, 0.717) is 0 Å². The summed E-state index contributed by atoms with van der Waals surface area (Å²) in [5.41, 5.74) is 3.19. The number of aryl methyl sites for hydroxylation is 2. The van der Waals surface area contributed by atoms with Gasteiger partial charge in [0.1, 0.15) is 0 Å². The van der Waals surface area contributed by atoms with Gasteiger partial charge in [0.25, 0.3) is 0 Å². The molecule has 0 radical (unpaired) electrons. The van der Waals surface area contributed by atoms with Gasteiger partial charge in [0, 0.05) is 0 Å². The Kier molecular flexibility index (Phi) is 11.8. The Hall–Kier alpha value is -0.781. The van der Waals surface area contributed by atoms with E-state index in [1.54, 1.807) is 11.1 Å². The van der Waals surface area contributed by atoms with Crippen LogP contribution in [0.5, 0.6) is 0 Å². The zero-order chi connectivity index (χ0) is 13.1. The number of hydrogen-bond acceptors (Lipinski definition) is 0. The summed E-state index contributed by atoms with van der Waals surface area (Å²) >= 11 is 0. The molecule has 0 spiro atoms. The van der Waals surface area contributed by atoms with Crippen molar-refractivity contribution in [1.29, 1.82) is 0 Å². The fourth-order valence-electron chi connectivity index (χ4n) is 2.04. The van der Waals surface area contributed by atoms with E-state index in [1.807, 2.05) is 30.3 Å². The molecule has 0 aliphatic carbocycles. The minimum atomic E-state index is 0. The third-order valence-corrected chi connectivity index (χ3v) is 3.16. The Morgan fingerprint density at radius 1 is 1.00 bits per heavy atom. The molecule has 0 aliphatic heterocycles. The molecule has 2 rings (SSSR count). The molecule has 0 nitrogen and oxygen atoms in total. The maximum Gasteiger partial charge on any atom is 2.00 e. The Bertz CT molecular complexity index is 330. The summed E-state index contributed by atoms with van der Waals surface area (Å²) in [6.45, 7) is 4.52. The van der Waals surface area contributed by atoms with Gasteiger partial charge in [-0.1, -0.05) is 52.4 Å². The van der Waals surface area contributed by atoms with E-state index >= 15 is 0 Å². The predicted molar refractivity (Wildman–Crippen MR) is 81.3 cm³/mol. The van der Waals surface area contributed by atoms with Gasteiger partial charge in [-0.15, -0.1) is 0 Å². The smallest absolute Gasteiger partial charge is 0.214 e. The van der Waals surface area contributed by atoms with Crippen LogP contribution in [0.2, 0.25) is 0 Å². The molecule has 0 saturated heterocycles. The maximum atomic E-state index is 2.29. The molecule has 0 saturated carbocycles. The van der Waals surface area contributed by atoms with E-state index in [4.69, 9.17) is 0 Å². The first-order valence-corrected chi connectivity index (χ1v) is 7.28. The van der Waals surface area contributed by atoms with E-state index in [-0.39, 0.29) is 17.1 Å². The molecule has 0 amide bonds. The fraction of sp³-hybridized carbons (Fsp3) is 0.444. The Labute approximate surface area is 129 Å². The van der Waals surface area contributed by atoms with Crippen molar-refractivity contribution in [1.82, 2.24) is 0 Å². The first kappa shape index (κ1) is 18.2. The molecule has 0 fully saturated rings. The van der Waals surface area contributed by atoms with E-state index in [1.165, 1.54) is 38.5 Å². The summed E-state index contributed by atoms with van der Waals surface area (Å²) in [7, 11) is 0.